The van der Waals surface area contributed by atoms with Crippen molar-refractivity contribution in [1.82, 2.24) is 0 Å². The normalized spacial score (nSPS) is 42.8. The summed E-state index contributed by atoms with van der Waals surface area (Å²) in [5, 5.41) is 101. The number of carbonyl (C=O) groups excluding carboxylic acids is 3. The lowest BCUT2D eigenvalue weighted by Gasteiger charge is -2.50. The highest BCUT2D eigenvalue weighted by Gasteiger charge is 2.65. The van der Waals surface area contributed by atoms with E-state index in [-0.39, 0.29) is 59.8 Å². The fraction of sp³-hybridized carbons (Fsp3) is 0.688. The van der Waals surface area contributed by atoms with Crippen LogP contribution in [-0.2, 0) is 53.9 Å². The molecule has 2 aromatic rings. The topological polar surface area (TPSA) is 316 Å². The van der Waals surface area contributed by atoms with Crippen LogP contribution >= 0.6 is 0 Å². The average molecular weight is 977 g/mol. The first kappa shape index (κ1) is 51.4. The standard InChI is InChI=1S/C48H64O21/c1-17-27(66-31-15-46(7,59)42(55)21(5)64-31)12-24-10-23-11-25-41(61-9)39(54)33(18(2)49)44(57)48(25,45(58)35(23)38(53)34(24)36(17)51)69-30-14-28(37(52)19(3)62-30)67-29-13-26(50)40(20(4)63-29)68-32-16-47(8,60)43(56)22(6)65-32/h10,12,19-22,25-26,28-32,37,40-43,50-53,55-57,59-60H,11,13-16H2,1-9H3/t19?,20?,21?,22?,25-,26?,28?,29?,30?,31?,32?,37?,40?,41+,42?,43?,46?,47?,48+/m0/s1. The van der Waals surface area contributed by atoms with Crippen LogP contribution in [0.15, 0.2) is 23.5 Å². The quantitative estimate of drug-likeness (QED) is 0.152. The van der Waals surface area contributed by atoms with Gasteiger partial charge in [0, 0.05) is 44.3 Å². The number of aliphatic hydroxyl groups excluding tert-OH is 5. The Labute approximate surface area is 397 Å². The van der Waals surface area contributed by atoms with Gasteiger partial charge in [0.25, 0.3) is 0 Å². The molecule has 9 N–H and O–H groups in total. The molecule has 4 heterocycles. The highest BCUT2D eigenvalue weighted by molar-refractivity contribution is 6.25. The molecular formula is C48H64O21. The van der Waals surface area contributed by atoms with Gasteiger partial charge in [0.05, 0.1) is 58.8 Å². The molecule has 0 radical (unpaired) electrons. The summed E-state index contributed by atoms with van der Waals surface area (Å²) in [5.41, 5.74) is -6.66. The number of rotatable bonds is 10. The van der Waals surface area contributed by atoms with Crippen LogP contribution in [0.2, 0.25) is 0 Å². The molecular weight excluding hydrogens is 913 g/mol. The summed E-state index contributed by atoms with van der Waals surface area (Å²) >= 11 is 0. The molecule has 21 nitrogen and oxygen atoms in total. The second kappa shape index (κ2) is 18.6. The van der Waals surface area contributed by atoms with E-state index in [1.54, 1.807) is 20.8 Å². The molecule has 8 rings (SSSR count). The maximum absolute atomic E-state index is 15.4. The Kier molecular flexibility index (Phi) is 13.9. The van der Waals surface area contributed by atoms with Gasteiger partial charge in [-0.1, -0.05) is 0 Å². The number of hydrogen-bond donors (Lipinski definition) is 9. The molecule has 6 aliphatic rings. The Morgan fingerprint density at radius 1 is 0.768 bits per heavy atom. The Morgan fingerprint density at radius 3 is 1.96 bits per heavy atom. The summed E-state index contributed by atoms with van der Waals surface area (Å²) in [4.78, 5) is 42.6. The van der Waals surface area contributed by atoms with Crippen LogP contribution in [0, 0.1) is 12.8 Å². The van der Waals surface area contributed by atoms with E-state index < -0.39 is 161 Å². The lowest BCUT2D eigenvalue weighted by molar-refractivity contribution is -0.339. The number of carbonyl (C=O) groups is 3. The molecule has 16 unspecified atom stereocenters. The van der Waals surface area contributed by atoms with Crippen molar-refractivity contribution in [1.29, 1.82) is 0 Å². The smallest absolute Gasteiger partial charge is 0.207 e. The maximum atomic E-state index is 15.4. The summed E-state index contributed by atoms with van der Waals surface area (Å²) in [6.07, 6.45) is -17.7. The van der Waals surface area contributed by atoms with E-state index in [0.29, 0.717) is 0 Å². The number of ketones is 3. The number of aromatic hydroxyl groups is 2. The van der Waals surface area contributed by atoms with E-state index in [0.717, 1.165) is 6.92 Å². The first-order chi connectivity index (χ1) is 32.2. The van der Waals surface area contributed by atoms with E-state index >= 15 is 4.79 Å². The third-order valence-electron chi connectivity index (χ3n) is 14.8. The van der Waals surface area contributed by atoms with Gasteiger partial charge in [-0.15, -0.1) is 0 Å². The van der Waals surface area contributed by atoms with E-state index in [4.69, 9.17) is 42.6 Å². The number of phenolic OH excluding ortho intramolecular Hbond substituents is 2. The highest BCUT2D eigenvalue weighted by Crippen LogP contribution is 2.53. The number of benzene rings is 2. The summed E-state index contributed by atoms with van der Waals surface area (Å²) in [6.45, 7) is 11.7. The van der Waals surface area contributed by atoms with Crippen molar-refractivity contribution >= 4 is 28.1 Å². The van der Waals surface area contributed by atoms with E-state index in [1.165, 1.54) is 46.9 Å². The van der Waals surface area contributed by atoms with Crippen LogP contribution < -0.4 is 4.74 Å². The summed E-state index contributed by atoms with van der Waals surface area (Å²) in [7, 11) is 1.19. The summed E-state index contributed by atoms with van der Waals surface area (Å²) < 4.78 is 54.4. The lowest BCUT2D eigenvalue weighted by atomic mass is 9.62. The van der Waals surface area contributed by atoms with Crippen molar-refractivity contribution < 1.29 is 103 Å². The highest BCUT2D eigenvalue weighted by atomic mass is 16.7. The Morgan fingerprint density at radius 2 is 1.36 bits per heavy atom. The molecule has 0 spiro atoms. The van der Waals surface area contributed by atoms with Gasteiger partial charge in [-0.2, -0.15) is 0 Å². The largest absolute Gasteiger partial charge is 0.508 e. The fourth-order valence-electron chi connectivity index (χ4n) is 11.0. The minimum atomic E-state index is -2.65. The van der Waals surface area contributed by atoms with Gasteiger partial charge in [0.1, 0.15) is 59.1 Å². The molecule has 21 heteroatoms. The number of methoxy groups -OCH3 is 1. The third-order valence-corrected chi connectivity index (χ3v) is 14.8. The van der Waals surface area contributed by atoms with Crippen molar-refractivity contribution in [2.75, 3.05) is 7.11 Å². The van der Waals surface area contributed by atoms with Crippen molar-refractivity contribution in [2.24, 2.45) is 5.92 Å². The van der Waals surface area contributed by atoms with Gasteiger partial charge in [-0.05, 0) is 84.9 Å². The monoisotopic (exact) mass is 976 g/mol. The van der Waals surface area contributed by atoms with Gasteiger partial charge >= 0.3 is 0 Å². The molecule has 19 atom stereocenters. The van der Waals surface area contributed by atoms with Gasteiger partial charge < -0.3 is 88.6 Å². The summed E-state index contributed by atoms with van der Waals surface area (Å²) in [5.74, 6) is -6.52. The summed E-state index contributed by atoms with van der Waals surface area (Å²) in [6, 6.07) is 2.98. The van der Waals surface area contributed by atoms with Gasteiger partial charge in [-0.25, -0.2) is 0 Å². The van der Waals surface area contributed by atoms with Gasteiger partial charge in [0.2, 0.25) is 12.1 Å². The fourth-order valence-corrected chi connectivity index (χ4v) is 11.0. The zero-order chi connectivity index (χ0) is 50.6. The lowest BCUT2D eigenvalue weighted by Crippen LogP contribution is -2.65. The van der Waals surface area contributed by atoms with Crippen LogP contribution in [0.3, 0.4) is 0 Å². The molecule has 382 valence electrons. The number of fused-ring (bicyclic) bond motifs is 3. The predicted octanol–water partition coefficient (Wildman–Crippen LogP) is 1.30. The van der Waals surface area contributed by atoms with Crippen LogP contribution in [0.25, 0.3) is 10.8 Å². The number of Topliss-reactive ketones (excluding diaryl/α,β-unsaturated/α-hetero) is 3. The van der Waals surface area contributed by atoms with Crippen LogP contribution in [0.1, 0.15) is 95.6 Å². The second-order valence-electron chi connectivity index (χ2n) is 20.0. The number of hydrogen-bond acceptors (Lipinski definition) is 21. The maximum Gasteiger partial charge on any atom is 0.207 e. The minimum absolute atomic E-state index is 0.0825. The van der Waals surface area contributed by atoms with Crippen LogP contribution in [0.5, 0.6) is 17.2 Å². The molecule has 4 fully saturated rings. The van der Waals surface area contributed by atoms with E-state index in [2.05, 4.69) is 0 Å². The molecule has 2 aromatic carbocycles. The molecule has 2 aliphatic carbocycles. The minimum Gasteiger partial charge on any atom is -0.508 e. The van der Waals surface area contributed by atoms with E-state index in [9.17, 15) is 55.5 Å². The molecule has 0 amide bonds. The second-order valence-corrected chi connectivity index (χ2v) is 20.0. The van der Waals surface area contributed by atoms with Crippen molar-refractivity contribution in [2.45, 2.75) is 197 Å². The Balaban J connectivity index is 1.10. The number of phenols is 2. The first-order valence-corrected chi connectivity index (χ1v) is 23.2. The molecule has 4 saturated heterocycles. The molecule has 0 saturated carbocycles. The number of aliphatic hydroxyl groups is 7. The van der Waals surface area contributed by atoms with Crippen LogP contribution in [0.4, 0.5) is 0 Å². The molecule has 4 aliphatic heterocycles. The zero-order valence-electron chi connectivity index (χ0n) is 39.9. The Bertz CT molecular complexity index is 2370. The van der Waals surface area contributed by atoms with Crippen molar-refractivity contribution in [3.8, 4) is 17.2 Å². The third kappa shape index (κ3) is 8.85. The SMILES string of the molecule is CO[C@H]1C(=O)C(C(C)=O)=C(O)[C@@]2(OC3CC(OC4CC(O)C(OC5CC(C)(O)C(O)C(C)O5)C(C)O4)C(O)C(C)O3)C(=O)c3c(cc4cc(OC5CC(C)(O)C(O)C(C)O5)c(C)c(O)c4c3O)C[C@@H]12. The molecule has 69 heavy (non-hydrogen) atoms. The van der Waals surface area contributed by atoms with E-state index in [1.807, 2.05) is 0 Å². The first-order valence-electron chi connectivity index (χ1n) is 23.2. The average Bonchev–Trinajstić information content (AvgIpc) is 3.24. The van der Waals surface area contributed by atoms with Crippen molar-refractivity contribution in [3.05, 3.63) is 40.2 Å². The van der Waals surface area contributed by atoms with Gasteiger partial charge in [-0.3, -0.25) is 14.4 Å². The molecule has 0 aromatic heterocycles. The van der Waals surface area contributed by atoms with Gasteiger partial charge in [0.15, 0.2) is 36.0 Å². The molecule has 0 bridgehead atoms. The Hall–Kier alpha value is -3.91. The van der Waals surface area contributed by atoms with Crippen LogP contribution in [-0.4, -0.2) is 180 Å². The predicted molar refractivity (Wildman–Crippen MR) is 235 cm³/mol. The van der Waals surface area contributed by atoms with Crippen molar-refractivity contribution in [3.63, 3.8) is 0 Å². The number of ether oxygens (including phenoxy) is 9. The zero-order valence-corrected chi connectivity index (χ0v) is 39.9.